The highest BCUT2D eigenvalue weighted by Crippen LogP contribution is 2.19. The Bertz CT molecular complexity index is 893. The highest BCUT2D eigenvalue weighted by atomic mass is 19.1. The monoisotopic (exact) mass is 320 g/mol. The number of allylic oxidation sites excluding steroid dienone is 1. The highest BCUT2D eigenvalue weighted by Gasteiger charge is 2.17. The van der Waals surface area contributed by atoms with Gasteiger partial charge in [0.15, 0.2) is 5.78 Å². The summed E-state index contributed by atoms with van der Waals surface area (Å²) in [4.78, 5) is 12.6. The molecule has 1 heterocycles. The van der Waals surface area contributed by atoms with Crippen LogP contribution in [-0.4, -0.2) is 15.6 Å². The van der Waals surface area contributed by atoms with Gasteiger partial charge in [0.25, 0.3) is 0 Å². The first kappa shape index (κ1) is 15.9. The molecular formula is C20H17FN2O. The molecule has 2 aromatic carbocycles. The molecule has 24 heavy (non-hydrogen) atoms. The topological polar surface area (TPSA) is 34.9 Å². The number of para-hydroxylation sites is 1. The van der Waals surface area contributed by atoms with E-state index in [-0.39, 0.29) is 11.6 Å². The second-order valence-electron chi connectivity index (χ2n) is 5.54. The summed E-state index contributed by atoms with van der Waals surface area (Å²) in [6.07, 6.45) is 3.18. The molecule has 0 N–H and O–H groups in total. The number of nitrogens with zero attached hydrogens (tertiary/aromatic N) is 2. The van der Waals surface area contributed by atoms with Crippen LogP contribution in [0.4, 0.5) is 4.39 Å². The van der Waals surface area contributed by atoms with Gasteiger partial charge in [-0.15, -0.1) is 0 Å². The predicted octanol–water partition coefficient (Wildman–Crippen LogP) is 4.52. The van der Waals surface area contributed by atoms with Gasteiger partial charge in [0.2, 0.25) is 0 Å². The molecule has 0 radical (unpaired) electrons. The van der Waals surface area contributed by atoms with Crippen molar-refractivity contribution in [2.75, 3.05) is 0 Å². The lowest BCUT2D eigenvalue weighted by Crippen LogP contribution is -2.01. The van der Waals surface area contributed by atoms with E-state index < -0.39 is 0 Å². The van der Waals surface area contributed by atoms with Gasteiger partial charge in [0.05, 0.1) is 22.6 Å². The Balaban J connectivity index is 1.90. The minimum atomic E-state index is -0.297. The van der Waals surface area contributed by atoms with Crippen LogP contribution >= 0.6 is 0 Å². The maximum Gasteiger partial charge on any atom is 0.189 e. The quantitative estimate of drug-likeness (QED) is 0.523. The lowest BCUT2D eigenvalue weighted by molar-refractivity contribution is 0.104. The van der Waals surface area contributed by atoms with Crippen molar-refractivity contribution in [3.63, 3.8) is 0 Å². The molecule has 0 spiro atoms. The Morgan fingerprint density at radius 2 is 1.71 bits per heavy atom. The predicted molar refractivity (Wildman–Crippen MR) is 92.8 cm³/mol. The van der Waals surface area contributed by atoms with E-state index in [0.717, 1.165) is 16.9 Å². The van der Waals surface area contributed by atoms with Crippen molar-refractivity contribution >= 4 is 11.9 Å². The fourth-order valence-electron chi connectivity index (χ4n) is 2.65. The van der Waals surface area contributed by atoms with Crippen molar-refractivity contribution in [1.29, 1.82) is 0 Å². The second-order valence-corrected chi connectivity index (χ2v) is 5.54. The number of aryl methyl sites for hydroxylation is 1. The Kier molecular flexibility index (Phi) is 4.38. The minimum absolute atomic E-state index is 0.114. The first-order valence-electron chi connectivity index (χ1n) is 7.66. The Morgan fingerprint density at radius 3 is 2.38 bits per heavy atom. The maximum atomic E-state index is 12.9. The van der Waals surface area contributed by atoms with Crippen molar-refractivity contribution in [3.05, 3.63) is 89.0 Å². The first-order valence-corrected chi connectivity index (χ1v) is 7.66. The van der Waals surface area contributed by atoms with Gasteiger partial charge in [-0.05, 0) is 49.8 Å². The third kappa shape index (κ3) is 3.18. The number of carbonyl (C=O) groups excluding carboxylic acids is 1. The number of hydrogen-bond acceptors (Lipinski definition) is 2. The van der Waals surface area contributed by atoms with Crippen LogP contribution < -0.4 is 0 Å². The molecule has 0 unspecified atom stereocenters. The normalized spacial score (nSPS) is 11.1. The van der Waals surface area contributed by atoms with Gasteiger partial charge in [-0.25, -0.2) is 9.07 Å². The molecule has 120 valence electrons. The average molecular weight is 320 g/mol. The molecule has 3 rings (SSSR count). The number of benzene rings is 2. The molecule has 0 aliphatic carbocycles. The van der Waals surface area contributed by atoms with E-state index in [9.17, 15) is 9.18 Å². The zero-order valence-corrected chi connectivity index (χ0v) is 13.5. The van der Waals surface area contributed by atoms with Crippen molar-refractivity contribution < 1.29 is 9.18 Å². The van der Waals surface area contributed by atoms with Crippen LogP contribution in [0.3, 0.4) is 0 Å². The van der Waals surface area contributed by atoms with Gasteiger partial charge in [0, 0.05) is 0 Å². The van der Waals surface area contributed by atoms with Crippen LogP contribution in [0.15, 0.2) is 60.7 Å². The summed E-state index contributed by atoms with van der Waals surface area (Å²) in [6, 6.07) is 15.7. The molecule has 0 saturated carbocycles. The van der Waals surface area contributed by atoms with E-state index in [1.54, 1.807) is 22.9 Å². The van der Waals surface area contributed by atoms with Crippen molar-refractivity contribution in [3.8, 4) is 5.69 Å². The van der Waals surface area contributed by atoms with Crippen LogP contribution in [-0.2, 0) is 0 Å². The van der Waals surface area contributed by atoms with E-state index >= 15 is 0 Å². The molecule has 3 aromatic rings. The summed E-state index contributed by atoms with van der Waals surface area (Å²) in [5, 5.41) is 4.48. The molecule has 0 bridgehead atoms. The summed E-state index contributed by atoms with van der Waals surface area (Å²) in [5.41, 5.74) is 3.77. The summed E-state index contributed by atoms with van der Waals surface area (Å²) >= 11 is 0. The Hall–Kier alpha value is -3.01. The van der Waals surface area contributed by atoms with Crippen molar-refractivity contribution in [2.45, 2.75) is 13.8 Å². The van der Waals surface area contributed by atoms with E-state index in [1.807, 2.05) is 44.2 Å². The first-order chi connectivity index (χ1) is 11.6. The van der Waals surface area contributed by atoms with Gasteiger partial charge < -0.3 is 0 Å². The van der Waals surface area contributed by atoms with Crippen LogP contribution in [0.1, 0.15) is 27.3 Å². The summed E-state index contributed by atoms with van der Waals surface area (Å²) in [5.74, 6) is -0.411. The Labute approximate surface area is 140 Å². The standard InChI is InChI=1S/C20H17FN2O/c1-14-20(15(2)23(22-14)18-6-4-3-5-7-18)19(24)13-10-16-8-11-17(21)12-9-16/h3-13H,1-2H3. The number of hydrogen-bond donors (Lipinski definition) is 0. The highest BCUT2D eigenvalue weighted by molar-refractivity contribution is 6.08. The lowest BCUT2D eigenvalue weighted by Gasteiger charge is -2.04. The fourth-order valence-corrected chi connectivity index (χ4v) is 2.65. The van der Waals surface area contributed by atoms with Crippen LogP contribution in [0.25, 0.3) is 11.8 Å². The van der Waals surface area contributed by atoms with Gasteiger partial charge in [-0.3, -0.25) is 4.79 Å². The molecule has 0 saturated heterocycles. The summed E-state index contributed by atoms with van der Waals surface area (Å²) in [7, 11) is 0. The lowest BCUT2D eigenvalue weighted by atomic mass is 10.1. The second kappa shape index (κ2) is 6.62. The largest absolute Gasteiger partial charge is 0.289 e. The molecule has 0 amide bonds. The van der Waals surface area contributed by atoms with E-state index in [4.69, 9.17) is 0 Å². The molecule has 0 atom stereocenters. The summed E-state index contributed by atoms with van der Waals surface area (Å²) in [6.45, 7) is 3.71. The summed E-state index contributed by atoms with van der Waals surface area (Å²) < 4.78 is 14.7. The zero-order valence-electron chi connectivity index (χ0n) is 13.5. The number of halogens is 1. The molecule has 0 aliphatic heterocycles. The van der Waals surface area contributed by atoms with E-state index in [2.05, 4.69) is 5.10 Å². The average Bonchev–Trinajstić information content (AvgIpc) is 2.89. The minimum Gasteiger partial charge on any atom is -0.289 e. The third-order valence-electron chi connectivity index (χ3n) is 3.84. The SMILES string of the molecule is Cc1nn(-c2ccccc2)c(C)c1C(=O)C=Cc1ccc(F)cc1. The van der Waals surface area contributed by atoms with Gasteiger partial charge >= 0.3 is 0 Å². The molecule has 3 nitrogen and oxygen atoms in total. The van der Waals surface area contributed by atoms with Crippen molar-refractivity contribution in [1.82, 2.24) is 9.78 Å². The van der Waals surface area contributed by atoms with Gasteiger partial charge in [-0.2, -0.15) is 5.10 Å². The number of aromatic nitrogens is 2. The fraction of sp³-hybridized carbons (Fsp3) is 0.100. The maximum absolute atomic E-state index is 12.9. The van der Waals surface area contributed by atoms with Crippen LogP contribution in [0.2, 0.25) is 0 Å². The number of rotatable bonds is 4. The van der Waals surface area contributed by atoms with E-state index in [1.165, 1.54) is 18.2 Å². The Morgan fingerprint density at radius 1 is 1.04 bits per heavy atom. The molecular weight excluding hydrogens is 303 g/mol. The van der Waals surface area contributed by atoms with Crippen LogP contribution in [0, 0.1) is 19.7 Å². The molecule has 4 heteroatoms. The van der Waals surface area contributed by atoms with Crippen molar-refractivity contribution in [2.24, 2.45) is 0 Å². The van der Waals surface area contributed by atoms with Gasteiger partial charge in [0.1, 0.15) is 5.82 Å². The number of ketones is 1. The third-order valence-corrected chi connectivity index (χ3v) is 3.84. The molecule has 0 aliphatic rings. The number of carbonyl (C=O) groups is 1. The molecule has 1 aromatic heterocycles. The van der Waals surface area contributed by atoms with Gasteiger partial charge in [-0.1, -0.05) is 36.4 Å². The zero-order chi connectivity index (χ0) is 17.1. The molecule has 0 fully saturated rings. The smallest absolute Gasteiger partial charge is 0.189 e. The van der Waals surface area contributed by atoms with E-state index in [0.29, 0.717) is 11.3 Å². The van der Waals surface area contributed by atoms with Crippen LogP contribution in [0.5, 0.6) is 0 Å².